The summed E-state index contributed by atoms with van der Waals surface area (Å²) in [5, 5.41) is 2.80. The summed E-state index contributed by atoms with van der Waals surface area (Å²) < 4.78 is 11.0. The normalized spacial score (nSPS) is 20.1. The second kappa shape index (κ2) is 25.5. The van der Waals surface area contributed by atoms with Crippen molar-refractivity contribution in [1.29, 1.82) is 0 Å². The number of nitrogens with one attached hydrogen (secondary N) is 3. The maximum atomic E-state index is 14.0. The molecular weight excluding hydrogens is 859 g/mol. The molecule has 12 nitrogen and oxygen atoms in total. The summed E-state index contributed by atoms with van der Waals surface area (Å²) >= 11 is 0. The Morgan fingerprint density at radius 1 is 0.790 bits per heavy atom. The Balaban J connectivity index is 0.00000265. The zero-order valence-electron chi connectivity index (χ0n) is 35.8. The van der Waals surface area contributed by atoms with Gasteiger partial charge in [0, 0.05) is 24.6 Å². The highest BCUT2D eigenvalue weighted by atomic mass is 32.1. The highest BCUT2D eigenvalue weighted by Gasteiger charge is 2.37. The first-order chi connectivity index (χ1) is 27.7. The van der Waals surface area contributed by atoms with Gasteiger partial charge in [0.1, 0.15) is 17.7 Å². The molecule has 3 amide bonds. The van der Waals surface area contributed by atoms with Gasteiger partial charge in [-0.1, -0.05) is 102 Å². The number of ether oxygens (including phenoxy) is 2. The number of hydrogen-bond donors (Lipinski definition) is 3. The summed E-state index contributed by atoms with van der Waals surface area (Å²) in [4.78, 5) is 60.2. The van der Waals surface area contributed by atoms with Crippen molar-refractivity contribution in [3.63, 3.8) is 0 Å². The van der Waals surface area contributed by atoms with Gasteiger partial charge in [0.2, 0.25) is 11.8 Å². The fraction of sp³-hybridized carbons (Fsp3) is 0.500. The number of aromatic nitrogens is 4. The Labute approximate surface area is 396 Å². The van der Waals surface area contributed by atoms with Gasteiger partial charge in [0.15, 0.2) is 0 Å². The molecule has 3 aliphatic rings. The molecular formula is C46H69N7O5S4. The smallest absolute Gasteiger partial charge is 0.407 e. The highest BCUT2D eigenvalue weighted by Crippen LogP contribution is 2.36. The van der Waals surface area contributed by atoms with Gasteiger partial charge < -0.3 is 34.6 Å². The minimum absolute atomic E-state index is 0. The number of nitrogens with zero attached hydrogens (tertiary/aromatic N) is 4. The van der Waals surface area contributed by atoms with Crippen LogP contribution in [0.3, 0.4) is 0 Å². The van der Waals surface area contributed by atoms with E-state index in [2.05, 4.69) is 89.8 Å². The van der Waals surface area contributed by atoms with Crippen molar-refractivity contribution >= 4 is 71.9 Å². The third-order valence-electron chi connectivity index (χ3n) is 11.9. The van der Waals surface area contributed by atoms with Crippen molar-refractivity contribution in [3.8, 4) is 33.6 Å². The number of rotatable bonds is 7. The number of alkyl carbamates (subject to hydrolysis) is 1. The van der Waals surface area contributed by atoms with Crippen LogP contribution in [0.15, 0.2) is 66.9 Å². The van der Waals surface area contributed by atoms with Crippen LogP contribution in [0.2, 0.25) is 0 Å². The van der Waals surface area contributed by atoms with Crippen LogP contribution in [-0.2, 0) is 25.7 Å². The van der Waals surface area contributed by atoms with E-state index in [-0.39, 0.29) is 91.2 Å². The Bertz CT molecular complexity index is 2040. The molecule has 16 heteroatoms. The molecule has 0 radical (unpaired) electrons. The van der Waals surface area contributed by atoms with Crippen molar-refractivity contribution in [3.05, 3.63) is 84.2 Å². The first kappa shape index (κ1) is 54.3. The van der Waals surface area contributed by atoms with Crippen LogP contribution < -0.4 is 5.32 Å². The molecule has 62 heavy (non-hydrogen) atoms. The van der Waals surface area contributed by atoms with Gasteiger partial charge in [-0.15, -0.1) is 0 Å². The van der Waals surface area contributed by atoms with E-state index in [9.17, 15) is 14.4 Å². The van der Waals surface area contributed by atoms with E-state index in [0.29, 0.717) is 32.1 Å². The van der Waals surface area contributed by atoms with Gasteiger partial charge in [-0.25, -0.2) is 14.8 Å². The van der Waals surface area contributed by atoms with Gasteiger partial charge in [-0.2, -0.15) is 54.0 Å². The lowest BCUT2D eigenvalue weighted by atomic mass is 9.96. The third-order valence-corrected chi connectivity index (χ3v) is 11.9. The molecule has 2 bridgehead atoms. The molecule has 0 spiro atoms. The molecule has 342 valence electrons. The lowest BCUT2D eigenvalue weighted by Crippen LogP contribution is -2.48. The van der Waals surface area contributed by atoms with Crippen molar-refractivity contribution < 1.29 is 23.9 Å². The number of carbonyl (C=O) groups excluding carboxylic acids is 3. The van der Waals surface area contributed by atoms with E-state index in [4.69, 9.17) is 19.4 Å². The van der Waals surface area contributed by atoms with E-state index in [0.717, 1.165) is 109 Å². The minimum atomic E-state index is -0.654. The standard InChI is InChI=1S/C45H57N7O5.CH4.4H2S/c1-29(2)30(3)43(53)51-24-11-14-38(51)41-46-27-36(47-41)33-20-16-31(17-21-33)32-18-22-34(23-19-32)40-37-28-57-26-10-8-6-5-7-9-13-35(49-45(55)56-4)44(54)52-25-12-15-39(52)42(48-37)50-40;;;;;/h8,10,16-23,27,29-30,35,38-39H,5-7,9,11-15,24-26,28H2,1-4H3,(H,46,47)(H,48,50)(H,49,55);1H4;4*1H2/b10-8-;;;;;/t30-,35-,38-,39-;;;;;/m0...../s1. The highest BCUT2D eigenvalue weighted by molar-refractivity contribution is 7.59. The molecule has 4 aromatic rings. The average Bonchev–Trinajstić information content (AvgIpc) is 4.07. The molecule has 0 aliphatic carbocycles. The van der Waals surface area contributed by atoms with Crippen molar-refractivity contribution in [2.75, 3.05) is 26.8 Å². The lowest BCUT2D eigenvalue weighted by molar-refractivity contribution is -0.137. The summed E-state index contributed by atoms with van der Waals surface area (Å²) in [5.41, 5.74) is 6.75. The Morgan fingerprint density at radius 2 is 1.44 bits per heavy atom. The molecule has 3 aliphatic heterocycles. The Kier molecular flexibility index (Phi) is 22.3. The molecule has 2 fully saturated rings. The van der Waals surface area contributed by atoms with Crippen LogP contribution >= 0.6 is 54.0 Å². The summed E-state index contributed by atoms with van der Waals surface area (Å²) in [6, 6.07) is 15.9. The van der Waals surface area contributed by atoms with Crippen molar-refractivity contribution in [2.24, 2.45) is 11.8 Å². The number of H-pyrrole nitrogens is 2. The Hall–Kier alpha value is -3.83. The number of benzene rings is 2. The average molecular weight is 928 g/mol. The van der Waals surface area contributed by atoms with Crippen LogP contribution in [0.1, 0.15) is 115 Å². The molecule has 2 aromatic heterocycles. The monoisotopic (exact) mass is 927 g/mol. The number of imidazole rings is 2. The molecule has 5 heterocycles. The molecule has 2 aromatic carbocycles. The van der Waals surface area contributed by atoms with E-state index in [1.165, 1.54) is 7.11 Å². The van der Waals surface area contributed by atoms with E-state index >= 15 is 0 Å². The molecule has 7 rings (SSSR count). The summed E-state index contributed by atoms with van der Waals surface area (Å²) in [6.45, 7) is 8.44. The molecule has 0 unspecified atom stereocenters. The van der Waals surface area contributed by atoms with E-state index in [1.54, 1.807) is 0 Å². The first-order valence-electron chi connectivity index (χ1n) is 20.7. The number of hydrogen-bond acceptors (Lipinski definition) is 7. The maximum Gasteiger partial charge on any atom is 0.407 e. The van der Waals surface area contributed by atoms with Crippen LogP contribution in [0.5, 0.6) is 0 Å². The topological polar surface area (TPSA) is 146 Å². The van der Waals surface area contributed by atoms with Gasteiger partial charge >= 0.3 is 6.09 Å². The van der Waals surface area contributed by atoms with Crippen LogP contribution in [0.25, 0.3) is 33.6 Å². The van der Waals surface area contributed by atoms with Gasteiger partial charge in [-0.05, 0) is 67.6 Å². The lowest BCUT2D eigenvalue weighted by Gasteiger charge is -2.28. The fourth-order valence-electron chi connectivity index (χ4n) is 8.28. The number of allylic oxidation sites excluding steroid dienone is 1. The Morgan fingerprint density at radius 3 is 2.11 bits per heavy atom. The number of methoxy groups -OCH3 is 1. The van der Waals surface area contributed by atoms with Gasteiger partial charge in [0.05, 0.1) is 55.7 Å². The number of fused-ring (bicyclic) bond motifs is 4. The van der Waals surface area contributed by atoms with Crippen LogP contribution in [-0.4, -0.2) is 80.5 Å². The number of aromatic amines is 2. The van der Waals surface area contributed by atoms with Crippen LogP contribution in [0, 0.1) is 11.8 Å². The fourth-order valence-corrected chi connectivity index (χ4v) is 8.28. The van der Waals surface area contributed by atoms with Crippen LogP contribution in [0.4, 0.5) is 4.79 Å². The minimum Gasteiger partial charge on any atom is -0.453 e. The third kappa shape index (κ3) is 12.7. The van der Waals surface area contributed by atoms with Gasteiger partial charge in [0.25, 0.3) is 0 Å². The second-order valence-electron chi connectivity index (χ2n) is 16.0. The number of likely N-dealkylation sites (tertiary alicyclic amines) is 1. The summed E-state index contributed by atoms with van der Waals surface area (Å²) in [7, 11) is 1.32. The maximum absolute atomic E-state index is 14.0. The first-order valence-corrected chi connectivity index (χ1v) is 20.7. The molecule has 3 N–H and O–H groups in total. The summed E-state index contributed by atoms with van der Waals surface area (Å²) in [5.74, 6) is 1.96. The van der Waals surface area contributed by atoms with Crippen molar-refractivity contribution in [1.82, 2.24) is 35.1 Å². The predicted molar refractivity (Wildman–Crippen MR) is 268 cm³/mol. The second-order valence-corrected chi connectivity index (χ2v) is 16.0. The van der Waals surface area contributed by atoms with Gasteiger partial charge in [-0.3, -0.25) is 9.59 Å². The van der Waals surface area contributed by atoms with Crippen molar-refractivity contribution in [2.45, 2.75) is 111 Å². The molecule has 0 saturated carbocycles. The zero-order valence-corrected chi connectivity index (χ0v) is 39.8. The number of amides is 3. The SMILES string of the molecule is C.COC(=O)N[C@H]1CCCCC/C=C\COCc2[nH]c(nc2-c2ccc(-c3ccc(-c4cnc([C@@H]5CCCN5C(=O)[C@@H](C)C(C)C)[nH]4)cc3)cc2)[C@@H]2CCCN2C1=O.S.S.S.S. The molecule has 2 saturated heterocycles. The predicted octanol–water partition coefficient (Wildman–Crippen LogP) is 9.60. The quantitative estimate of drug-likeness (QED) is 0.157. The number of carbonyl (C=O) groups is 3. The summed E-state index contributed by atoms with van der Waals surface area (Å²) in [6.07, 6.45) is 13.3. The zero-order chi connectivity index (χ0) is 39.9. The van der Waals surface area contributed by atoms with E-state index in [1.807, 2.05) is 22.9 Å². The molecule has 4 atom stereocenters. The largest absolute Gasteiger partial charge is 0.453 e. The van der Waals surface area contributed by atoms with E-state index < -0.39 is 12.1 Å².